The summed E-state index contributed by atoms with van der Waals surface area (Å²) in [5.41, 5.74) is 4.58. The largest absolute Gasteiger partial charge is 0.481 e. The summed E-state index contributed by atoms with van der Waals surface area (Å²) >= 11 is 0. The second kappa shape index (κ2) is 39.3. The average molecular weight is 1080 g/mol. The van der Waals surface area contributed by atoms with E-state index in [1.54, 1.807) is 12.2 Å². The molecule has 1 fully saturated rings. The Morgan fingerprint density at radius 1 is 0.726 bits per heavy atom. The quantitative estimate of drug-likeness (QED) is 0.0133. The van der Waals surface area contributed by atoms with Crippen molar-refractivity contribution in [2.45, 2.75) is 238 Å². The Bertz CT molecular complexity index is 1900. The van der Waals surface area contributed by atoms with Crippen LogP contribution in [-0.2, 0) is 51.1 Å². The van der Waals surface area contributed by atoms with Gasteiger partial charge in [0.15, 0.2) is 18.1 Å². The number of hydrogen-bond donors (Lipinski definition) is 5. The maximum atomic E-state index is 12.9. The van der Waals surface area contributed by atoms with E-state index in [1.165, 1.54) is 96.0 Å². The summed E-state index contributed by atoms with van der Waals surface area (Å²) in [7, 11) is -10.9. The molecule has 420 valence electrons. The normalized spacial score (nSPS) is 19.1. The van der Waals surface area contributed by atoms with Gasteiger partial charge in [-0.3, -0.25) is 28.0 Å². The molecule has 1 aromatic rings. The van der Waals surface area contributed by atoms with Gasteiger partial charge in [0.2, 0.25) is 0 Å². The van der Waals surface area contributed by atoms with Crippen LogP contribution in [0, 0.1) is 5.92 Å². The van der Waals surface area contributed by atoms with Gasteiger partial charge in [0.25, 0.3) is 0 Å². The molecule has 2 unspecified atom stereocenters. The van der Waals surface area contributed by atoms with Crippen molar-refractivity contribution in [3.63, 3.8) is 0 Å². The number of aromatic nitrogens is 2. The molecule has 21 heteroatoms. The summed E-state index contributed by atoms with van der Waals surface area (Å²) < 4.78 is 56.8. The minimum Gasteiger partial charge on any atom is -0.462 e. The molecule has 0 spiro atoms. The molecule has 0 saturated carbocycles. The van der Waals surface area contributed by atoms with E-state index in [0.717, 1.165) is 74.5 Å². The summed E-state index contributed by atoms with van der Waals surface area (Å²) in [6, 6.07) is 1.24. The summed E-state index contributed by atoms with van der Waals surface area (Å²) in [6.45, 7) is 4.35. The van der Waals surface area contributed by atoms with Crippen LogP contribution in [0.3, 0.4) is 0 Å². The van der Waals surface area contributed by atoms with E-state index in [2.05, 4.69) is 36.1 Å². The minimum absolute atomic E-state index is 0.0293. The fourth-order valence-corrected chi connectivity index (χ4v) is 10.3. The van der Waals surface area contributed by atoms with Crippen LogP contribution in [0.2, 0.25) is 0 Å². The smallest absolute Gasteiger partial charge is 0.462 e. The number of anilines is 1. The maximum Gasteiger partial charge on any atom is 0.481 e. The Labute approximate surface area is 434 Å². The first-order chi connectivity index (χ1) is 34.9. The monoisotopic (exact) mass is 1080 g/mol. The number of allylic oxidation sites excluding steroid dienone is 4. The third-order valence-corrected chi connectivity index (χ3v) is 15.0. The number of phosphoric acid groups is 2. The van der Waals surface area contributed by atoms with Gasteiger partial charge < -0.3 is 39.9 Å². The molecule has 19 nitrogen and oxygen atoms in total. The summed E-state index contributed by atoms with van der Waals surface area (Å²) in [5, 5.41) is 20.9. The number of hydrogen-bond acceptors (Lipinski definition) is 16. The Hall–Kier alpha value is -3.09. The van der Waals surface area contributed by atoms with Gasteiger partial charge in [-0.05, 0) is 50.2 Å². The predicted octanol–water partition coefficient (Wildman–Crippen LogP) is 10.8. The molecule has 1 aromatic heterocycles. The van der Waals surface area contributed by atoms with Crippen LogP contribution in [0.5, 0.6) is 0 Å². The van der Waals surface area contributed by atoms with Gasteiger partial charge in [-0.25, -0.2) is 13.9 Å². The van der Waals surface area contributed by atoms with Crippen LogP contribution >= 0.6 is 15.6 Å². The molecule has 0 radical (unpaired) electrons. The number of ketones is 1. The number of carbonyl (C=O) groups excluding carboxylic acids is 3. The molecule has 1 saturated heterocycles. The third-order valence-electron chi connectivity index (χ3n) is 12.4. The number of ether oxygens (including phenoxy) is 3. The van der Waals surface area contributed by atoms with Crippen LogP contribution in [0.4, 0.5) is 5.82 Å². The summed E-state index contributed by atoms with van der Waals surface area (Å²) in [6.07, 6.45) is 29.3. The first-order valence-corrected chi connectivity index (χ1v) is 30.2. The molecular weight excluding hydrogens is 985 g/mol. The van der Waals surface area contributed by atoms with Crippen molar-refractivity contribution in [2.24, 2.45) is 5.92 Å². The van der Waals surface area contributed by atoms with E-state index in [4.69, 9.17) is 29.0 Å². The number of aliphatic hydroxyl groups is 2. The van der Waals surface area contributed by atoms with Crippen LogP contribution in [0.25, 0.3) is 0 Å². The number of unbranched alkanes of at least 4 members (excludes halogenated alkanes) is 22. The van der Waals surface area contributed by atoms with Crippen molar-refractivity contribution in [3.05, 3.63) is 47.1 Å². The number of nitrogens with zero attached hydrogens (tertiary/aromatic N) is 2. The van der Waals surface area contributed by atoms with Gasteiger partial charge in [0.05, 0.1) is 13.2 Å². The molecule has 2 heterocycles. The fourth-order valence-electron chi connectivity index (χ4n) is 8.19. The lowest BCUT2D eigenvalue weighted by atomic mass is 10.0. The number of nitrogen functional groups attached to an aromatic ring is 1. The maximum absolute atomic E-state index is 12.9. The fraction of sp³-hybridized carbons (Fsp3) is 0.788. The first-order valence-electron chi connectivity index (χ1n) is 27.2. The predicted molar refractivity (Wildman–Crippen MR) is 280 cm³/mol. The van der Waals surface area contributed by atoms with E-state index in [9.17, 15) is 48.3 Å². The van der Waals surface area contributed by atoms with Crippen molar-refractivity contribution in [3.8, 4) is 0 Å². The highest BCUT2D eigenvalue weighted by atomic mass is 31.3. The highest BCUT2D eigenvalue weighted by Crippen LogP contribution is 2.60. The molecule has 0 amide bonds. The van der Waals surface area contributed by atoms with E-state index >= 15 is 0 Å². The molecule has 7 atom stereocenters. The molecule has 0 aromatic carbocycles. The molecule has 2 rings (SSSR count). The second-order valence-corrected chi connectivity index (χ2v) is 22.6. The molecular formula is C52H91N3O16P2. The topological polar surface area (TPSA) is 283 Å². The number of phosphoric ester groups is 2. The van der Waals surface area contributed by atoms with Crippen LogP contribution in [-0.4, -0.2) is 91.5 Å². The first kappa shape index (κ1) is 66.0. The van der Waals surface area contributed by atoms with Crippen molar-refractivity contribution in [1.29, 1.82) is 0 Å². The molecule has 0 aliphatic carbocycles. The second-order valence-electron chi connectivity index (χ2n) is 19.6. The minimum atomic E-state index is -5.45. The SMILES string of the molecule is CCCCC/C=C\C=C\C(=O)CCCCCCCC(=O)OC[C@H](COP(=O)(O)OP(=O)(O)OC[C@H]1O[C@@H](n2ccc(N)nc2=O)[C@H](O)[C@@H]1O)OC(=O)CCCCCCCCCCCCCCCCCCC(C)C. The molecule has 6 N–H and O–H groups in total. The van der Waals surface area contributed by atoms with E-state index in [0.29, 0.717) is 25.7 Å². The number of aliphatic hydroxyl groups excluding tert-OH is 2. The highest BCUT2D eigenvalue weighted by Gasteiger charge is 2.46. The van der Waals surface area contributed by atoms with E-state index in [-0.39, 0.29) is 24.4 Å². The number of esters is 2. The lowest BCUT2D eigenvalue weighted by molar-refractivity contribution is -0.161. The van der Waals surface area contributed by atoms with E-state index < -0.39 is 83.7 Å². The zero-order valence-corrected chi connectivity index (χ0v) is 45.9. The summed E-state index contributed by atoms with van der Waals surface area (Å²) in [4.78, 5) is 74.1. The Balaban J connectivity index is 1.79. The van der Waals surface area contributed by atoms with Crippen molar-refractivity contribution in [1.82, 2.24) is 9.55 Å². The van der Waals surface area contributed by atoms with Gasteiger partial charge in [-0.2, -0.15) is 9.29 Å². The zero-order valence-electron chi connectivity index (χ0n) is 44.1. The van der Waals surface area contributed by atoms with E-state index in [1.807, 2.05) is 6.08 Å². The molecule has 73 heavy (non-hydrogen) atoms. The van der Waals surface area contributed by atoms with Gasteiger partial charge >= 0.3 is 33.3 Å². The van der Waals surface area contributed by atoms with Crippen LogP contribution in [0.1, 0.15) is 213 Å². The zero-order chi connectivity index (χ0) is 53.7. The Morgan fingerprint density at radius 3 is 1.82 bits per heavy atom. The van der Waals surface area contributed by atoms with Gasteiger partial charge in [-0.15, -0.1) is 0 Å². The van der Waals surface area contributed by atoms with Crippen LogP contribution < -0.4 is 11.4 Å². The Kier molecular flexibility index (Phi) is 35.6. The molecule has 0 bridgehead atoms. The third kappa shape index (κ3) is 32.8. The lowest BCUT2D eigenvalue weighted by Gasteiger charge is -2.21. The number of rotatable bonds is 45. The Morgan fingerprint density at radius 2 is 1.26 bits per heavy atom. The molecule has 1 aliphatic rings. The van der Waals surface area contributed by atoms with Gasteiger partial charge in [0.1, 0.15) is 30.7 Å². The highest BCUT2D eigenvalue weighted by molar-refractivity contribution is 7.61. The number of carbonyl (C=O) groups is 3. The standard InChI is InChI=1S/C52H91N3O16P2/c1-4-5-6-7-18-23-28-33-43(56)34-29-24-21-26-30-35-47(57)66-39-44(69-48(58)36-31-25-20-17-15-13-11-9-8-10-12-14-16-19-22-27-32-42(2)3)40-67-72(62,63)71-73(64,65)68-41-45-49(59)50(60)51(70-45)55-38-37-46(53)54-52(55)61/h18,23,28,33,37-38,42,44-45,49-51,59-60H,4-17,19-22,24-27,29-32,34-36,39-41H2,1-3H3,(H,62,63)(H,64,65)(H2,53,54,61)/b23-18-,33-28+/t44-,45-,49-,50-,51-/m1/s1. The van der Waals surface area contributed by atoms with Crippen molar-refractivity contribution >= 4 is 39.2 Å². The van der Waals surface area contributed by atoms with Crippen molar-refractivity contribution in [2.75, 3.05) is 25.6 Å². The van der Waals surface area contributed by atoms with Gasteiger partial charge in [-0.1, -0.05) is 174 Å². The van der Waals surface area contributed by atoms with Gasteiger partial charge in [0, 0.05) is 25.5 Å². The van der Waals surface area contributed by atoms with Crippen molar-refractivity contribution < 1.29 is 71.1 Å². The lowest BCUT2D eigenvalue weighted by Crippen LogP contribution is -2.36. The number of nitrogens with two attached hydrogens (primary N) is 1. The average Bonchev–Trinajstić information content (AvgIpc) is 3.61. The van der Waals surface area contributed by atoms with Crippen LogP contribution in [0.15, 0.2) is 41.4 Å². The summed E-state index contributed by atoms with van der Waals surface area (Å²) in [5.74, 6) is -0.518. The molecule has 1 aliphatic heterocycles.